The molecule has 2 aromatic heterocycles. The number of Topliss-reactive ketones (excluding diaryl/α,β-unsaturated/α-hetero) is 1. The molecular weight excluding hydrogens is 570 g/mol. The molecule has 1 aliphatic heterocycles. The predicted octanol–water partition coefficient (Wildman–Crippen LogP) is 4.38. The zero-order valence-electron chi connectivity index (χ0n) is 24.2. The van der Waals surface area contributed by atoms with E-state index >= 15 is 0 Å². The molecule has 0 amide bonds. The highest BCUT2D eigenvalue weighted by molar-refractivity contribution is 5.87. The zero-order chi connectivity index (χ0) is 31.0. The second-order valence-electron chi connectivity index (χ2n) is 11.1. The maximum Gasteiger partial charge on any atom is 0.307 e. The van der Waals surface area contributed by atoms with Gasteiger partial charge in [0.15, 0.2) is 0 Å². The Bertz CT molecular complexity index is 1610. The summed E-state index contributed by atoms with van der Waals surface area (Å²) in [6.45, 7) is 0.519. The average molecular weight is 602 g/mol. The molecule has 0 radical (unpaired) electrons. The number of fused-ring (bicyclic) bond motifs is 2. The van der Waals surface area contributed by atoms with E-state index in [4.69, 9.17) is 9.47 Å². The summed E-state index contributed by atoms with van der Waals surface area (Å²) in [7, 11) is 3.13. The minimum absolute atomic E-state index is 0.0969. The number of methoxy groups -OCH3 is 2. The van der Waals surface area contributed by atoms with Crippen LogP contribution in [0.1, 0.15) is 53.6 Å². The minimum atomic E-state index is -0.488. The topological polar surface area (TPSA) is 169 Å². The third-order valence-electron chi connectivity index (χ3n) is 8.58. The summed E-state index contributed by atoms with van der Waals surface area (Å²) < 4.78 is 14.2. The fourth-order valence-corrected chi connectivity index (χ4v) is 6.51. The summed E-state index contributed by atoms with van der Waals surface area (Å²) in [6, 6.07) is 11.0. The molecule has 1 aliphatic carbocycles. The number of ketones is 1. The number of ether oxygens (including phenoxy) is 2. The molecule has 0 unspecified atom stereocenters. The van der Waals surface area contributed by atoms with E-state index < -0.39 is 9.85 Å². The molecular formula is C30H31N7O7. The number of piperidine rings is 1. The van der Waals surface area contributed by atoms with Gasteiger partial charge in [-0.3, -0.25) is 34.4 Å². The molecule has 6 rings (SSSR count). The largest absolute Gasteiger partial charge is 0.496 e. The van der Waals surface area contributed by atoms with Crippen LogP contribution in [0.2, 0.25) is 0 Å². The van der Waals surface area contributed by atoms with Crippen molar-refractivity contribution in [2.24, 2.45) is 11.8 Å². The van der Waals surface area contributed by atoms with Gasteiger partial charge in [-0.05, 0) is 48.2 Å². The smallest absolute Gasteiger partial charge is 0.307 e. The molecule has 2 bridgehead atoms. The summed E-state index contributed by atoms with van der Waals surface area (Å²) in [5, 5.41) is 34.4. The highest BCUT2D eigenvalue weighted by atomic mass is 16.6. The van der Waals surface area contributed by atoms with E-state index in [0.29, 0.717) is 11.5 Å². The molecule has 4 atom stereocenters. The third kappa shape index (κ3) is 5.51. The van der Waals surface area contributed by atoms with E-state index in [2.05, 4.69) is 15.5 Å². The van der Waals surface area contributed by atoms with Crippen LogP contribution in [0, 0.1) is 32.1 Å². The first-order chi connectivity index (χ1) is 21.2. The van der Waals surface area contributed by atoms with Crippen LogP contribution < -0.4 is 14.8 Å². The minimum Gasteiger partial charge on any atom is -0.496 e. The second-order valence-corrected chi connectivity index (χ2v) is 11.1. The highest BCUT2D eigenvalue weighted by Gasteiger charge is 2.46. The lowest BCUT2D eigenvalue weighted by atomic mass is 9.67. The van der Waals surface area contributed by atoms with Gasteiger partial charge in [-0.25, -0.2) is 0 Å². The Morgan fingerprint density at radius 1 is 0.818 bits per heavy atom. The van der Waals surface area contributed by atoms with Crippen molar-refractivity contribution in [3.05, 3.63) is 104 Å². The van der Waals surface area contributed by atoms with E-state index in [1.165, 1.54) is 34.2 Å². The SMILES string of the molecule is COc1ccc([C@H]2N[C@@H](c3ccc(OC)c(Cn4cc([N+](=O)[O-])cn4)c3)[C@H]3CCC[C@H]2C3=O)cc1Cn1cc([N+](=O)[O-])cn1. The molecule has 1 N–H and O–H groups in total. The van der Waals surface area contributed by atoms with Crippen molar-refractivity contribution >= 4 is 17.2 Å². The van der Waals surface area contributed by atoms with Crippen LogP contribution in [0.15, 0.2) is 61.2 Å². The van der Waals surface area contributed by atoms with E-state index in [0.717, 1.165) is 41.5 Å². The molecule has 14 nitrogen and oxygen atoms in total. The maximum atomic E-state index is 13.9. The molecule has 14 heteroatoms. The number of carbonyl (C=O) groups is 1. The number of hydrogen-bond donors (Lipinski definition) is 1. The lowest BCUT2D eigenvalue weighted by Crippen LogP contribution is -2.50. The molecule has 2 fully saturated rings. The van der Waals surface area contributed by atoms with Crippen LogP contribution >= 0.6 is 0 Å². The highest BCUT2D eigenvalue weighted by Crippen LogP contribution is 2.46. The van der Waals surface area contributed by atoms with Crippen LogP contribution in [0.4, 0.5) is 11.4 Å². The Morgan fingerprint density at radius 2 is 1.27 bits per heavy atom. The van der Waals surface area contributed by atoms with Gasteiger partial charge in [-0.15, -0.1) is 0 Å². The Balaban J connectivity index is 1.32. The Labute approximate surface area is 251 Å². The van der Waals surface area contributed by atoms with Crippen molar-refractivity contribution in [2.75, 3.05) is 14.2 Å². The third-order valence-corrected chi connectivity index (χ3v) is 8.58. The number of hydrogen-bond acceptors (Lipinski definition) is 10. The molecule has 44 heavy (non-hydrogen) atoms. The first-order valence-electron chi connectivity index (χ1n) is 14.2. The number of nitro groups is 2. The summed E-state index contributed by atoms with van der Waals surface area (Å²) in [5.74, 6) is 1.07. The number of nitrogens with zero attached hydrogens (tertiary/aromatic N) is 6. The van der Waals surface area contributed by atoms with E-state index in [-0.39, 0.29) is 54.2 Å². The maximum absolute atomic E-state index is 13.9. The van der Waals surface area contributed by atoms with Gasteiger partial charge < -0.3 is 14.8 Å². The number of carbonyl (C=O) groups excluding carboxylic acids is 1. The van der Waals surface area contributed by atoms with Gasteiger partial charge in [-0.1, -0.05) is 18.6 Å². The standard InChI is InChI=1S/C30H31N7O7/c1-43-26-8-6-18(10-20(26)14-34-16-22(12-31-34)36(39)40)28-24-4-3-5-25(30(24)38)29(33-28)19-7-9-27(44-2)21(11-19)15-35-17-23(13-32-35)37(41)42/h6-13,16-17,24-25,28-29,33H,3-5,14-15H2,1-2H3/t24-,25-,28-,29+/m1/s1. The molecule has 3 heterocycles. The number of aromatic nitrogens is 4. The van der Waals surface area contributed by atoms with E-state index in [9.17, 15) is 25.0 Å². The monoisotopic (exact) mass is 601 g/mol. The first kappa shape index (κ1) is 29.0. The van der Waals surface area contributed by atoms with Crippen LogP contribution in [0.3, 0.4) is 0 Å². The first-order valence-corrected chi connectivity index (χ1v) is 14.2. The van der Waals surface area contributed by atoms with Crippen molar-refractivity contribution in [3.8, 4) is 11.5 Å². The van der Waals surface area contributed by atoms with Crippen LogP contribution in [0.25, 0.3) is 0 Å². The van der Waals surface area contributed by atoms with Crippen molar-refractivity contribution in [1.29, 1.82) is 0 Å². The van der Waals surface area contributed by atoms with Gasteiger partial charge in [0, 0.05) is 35.0 Å². The molecule has 1 saturated heterocycles. The molecule has 228 valence electrons. The normalized spacial score (nSPS) is 21.2. The number of rotatable bonds is 10. The van der Waals surface area contributed by atoms with Gasteiger partial charge in [0.05, 0.1) is 37.2 Å². The van der Waals surface area contributed by atoms with E-state index in [1.807, 2.05) is 36.4 Å². The Kier molecular flexibility index (Phi) is 7.82. The van der Waals surface area contributed by atoms with Gasteiger partial charge in [0.1, 0.15) is 42.1 Å². The zero-order valence-corrected chi connectivity index (χ0v) is 24.2. The predicted molar refractivity (Wildman–Crippen MR) is 156 cm³/mol. The Hall–Kier alpha value is -5.11. The number of nitrogens with one attached hydrogen (secondary N) is 1. The fourth-order valence-electron chi connectivity index (χ4n) is 6.51. The molecule has 0 spiro atoms. The molecule has 4 aromatic rings. The quantitative estimate of drug-likeness (QED) is 0.203. The van der Waals surface area contributed by atoms with Crippen molar-refractivity contribution in [3.63, 3.8) is 0 Å². The summed E-state index contributed by atoms with van der Waals surface area (Å²) >= 11 is 0. The van der Waals surface area contributed by atoms with Crippen molar-refractivity contribution < 1.29 is 24.1 Å². The Morgan fingerprint density at radius 3 is 1.66 bits per heavy atom. The number of benzene rings is 2. The van der Waals surface area contributed by atoms with Crippen molar-refractivity contribution in [2.45, 2.75) is 44.4 Å². The molecule has 2 aliphatic rings. The summed E-state index contributed by atoms with van der Waals surface area (Å²) in [5.41, 5.74) is 3.21. The van der Waals surface area contributed by atoms with Crippen LogP contribution in [-0.4, -0.2) is 49.4 Å². The molecule has 1 saturated carbocycles. The molecule has 2 aromatic carbocycles. The lowest BCUT2D eigenvalue weighted by molar-refractivity contribution is -0.385. The van der Waals surface area contributed by atoms with Gasteiger partial charge in [-0.2, -0.15) is 10.2 Å². The average Bonchev–Trinajstić information content (AvgIpc) is 3.68. The van der Waals surface area contributed by atoms with Crippen LogP contribution in [0.5, 0.6) is 11.5 Å². The van der Waals surface area contributed by atoms with Gasteiger partial charge in [0.25, 0.3) is 0 Å². The summed E-state index contributed by atoms with van der Waals surface area (Å²) in [4.78, 5) is 35.2. The summed E-state index contributed by atoms with van der Waals surface area (Å²) in [6.07, 6.45) is 7.65. The van der Waals surface area contributed by atoms with Crippen molar-refractivity contribution in [1.82, 2.24) is 24.9 Å². The van der Waals surface area contributed by atoms with Gasteiger partial charge in [0.2, 0.25) is 0 Å². The second kappa shape index (κ2) is 11.9. The van der Waals surface area contributed by atoms with E-state index in [1.54, 1.807) is 14.2 Å². The van der Waals surface area contributed by atoms with Crippen LogP contribution in [-0.2, 0) is 17.9 Å². The van der Waals surface area contributed by atoms with Gasteiger partial charge >= 0.3 is 11.4 Å². The fraction of sp³-hybridized carbons (Fsp3) is 0.367. The lowest BCUT2D eigenvalue weighted by Gasteiger charge is -2.45.